The van der Waals surface area contributed by atoms with Crippen LogP contribution in [0.5, 0.6) is 0 Å². The maximum atomic E-state index is 10.8. The molecule has 0 aromatic heterocycles. The van der Waals surface area contributed by atoms with E-state index >= 15 is 0 Å². The first-order chi connectivity index (χ1) is 4.79. The zero-order valence-corrected chi connectivity index (χ0v) is 7.15. The van der Waals surface area contributed by atoms with Crippen LogP contribution < -0.4 is 0 Å². The smallest absolute Gasteiger partial charge is 0.108 e. The molecule has 1 saturated heterocycles. The van der Waals surface area contributed by atoms with Gasteiger partial charge < -0.3 is 9.29 Å². The van der Waals surface area contributed by atoms with E-state index in [-0.39, 0.29) is 0 Å². The summed E-state index contributed by atoms with van der Waals surface area (Å²) < 4.78 is 16.0. The van der Waals surface area contributed by atoms with E-state index in [1.165, 1.54) is 0 Å². The highest BCUT2D eigenvalue weighted by molar-refractivity contribution is 7.90. The number of hydrogen-bond donors (Lipinski definition) is 0. The van der Waals surface area contributed by atoms with Crippen molar-refractivity contribution in [2.45, 2.75) is 12.8 Å². The predicted molar refractivity (Wildman–Crippen MR) is 42.5 cm³/mol. The lowest BCUT2D eigenvalue weighted by Crippen LogP contribution is -2.22. The molecule has 0 saturated carbocycles. The minimum absolute atomic E-state index is 0.619. The normalized spacial score (nSPS) is 24.6. The molecule has 1 aliphatic heterocycles. The maximum absolute atomic E-state index is 10.8. The summed E-state index contributed by atoms with van der Waals surface area (Å²) in [5.41, 5.74) is 0. The van der Waals surface area contributed by atoms with Crippen LogP contribution in [0.4, 0.5) is 0 Å². The summed E-state index contributed by atoms with van der Waals surface area (Å²) in [7, 11) is 0. The molecule has 0 N–H and O–H groups in total. The highest BCUT2D eigenvalue weighted by Crippen LogP contribution is 2.15. The lowest BCUT2D eigenvalue weighted by atomic mass is 10.0. The Morgan fingerprint density at radius 3 is 2.60 bits per heavy atom. The van der Waals surface area contributed by atoms with Crippen LogP contribution in [0.15, 0.2) is 0 Å². The lowest BCUT2D eigenvalue weighted by Gasteiger charge is -2.21. The van der Waals surface area contributed by atoms with Crippen molar-refractivity contribution in [3.8, 4) is 0 Å². The van der Waals surface area contributed by atoms with Gasteiger partial charge in [0, 0.05) is 19.1 Å². The molecule has 1 rings (SSSR count). The molecule has 0 bridgehead atoms. The molecular formula is C7H14O2S. The van der Waals surface area contributed by atoms with Gasteiger partial charge in [0.05, 0.1) is 6.26 Å². The van der Waals surface area contributed by atoms with Gasteiger partial charge in [0.25, 0.3) is 0 Å². The van der Waals surface area contributed by atoms with Gasteiger partial charge in [-0.05, 0) is 12.8 Å². The molecule has 1 fully saturated rings. The second-order valence-corrected chi connectivity index (χ2v) is 4.28. The lowest BCUT2D eigenvalue weighted by molar-refractivity contribution is 0.0724. The van der Waals surface area contributed by atoms with Crippen molar-refractivity contribution in [3.63, 3.8) is 0 Å². The van der Waals surface area contributed by atoms with E-state index in [0.717, 1.165) is 31.8 Å². The minimum atomic E-state index is -0.619. The maximum Gasteiger partial charge on any atom is 0.108 e. The standard InChI is InChI=1S/C7H14O2S/c1-10(8)6-7-2-4-9-5-3-7/h7H,2-6H2,1H3. The van der Waals surface area contributed by atoms with Gasteiger partial charge in [-0.25, -0.2) is 0 Å². The Kier molecular flexibility index (Phi) is 3.52. The average Bonchev–Trinajstić information content (AvgIpc) is 1.88. The second kappa shape index (κ2) is 4.21. The van der Waals surface area contributed by atoms with Crippen molar-refractivity contribution in [3.05, 3.63) is 0 Å². The van der Waals surface area contributed by atoms with Crippen LogP contribution in [-0.4, -0.2) is 29.8 Å². The van der Waals surface area contributed by atoms with Crippen molar-refractivity contribution in [2.24, 2.45) is 5.92 Å². The third-order valence-corrected chi connectivity index (χ3v) is 2.75. The summed E-state index contributed by atoms with van der Waals surface area (Å²) in [4.78, 5) is 0. The number of rotatable bonds is 2. The van der Waals surface area contributed by atoms with Gasteiger partial charge in [-0.1, -0.05) is 11.2 Å². The van der Waals surface area contributed by atoms with E-state index < -0.39 is 11.2 Å². The molecule has 1 heterocycles. The van der Waals surface area contributed by atoms with Crippen LogP contribution in [0.25, 0.3) is 0 Å². The molecule has 1 aliphatic rings. The Morgan fingerprint density at radius 2 is 2.10 bits per heavy atom. The van der Waals surface area contributed by atoms with E-state index in [0.29, 0.717) is 5.92 Å². The molecule has 0 aromatic carbocycles. The van der Waals surface area contributed by atoms with Gasteiger partial charge in [-0.2, -0.15) is 0 Å². The van der Waals surface area contributed by atoms with E-state index in [9.17, 15) is 4.55 Å². The minimum Gasteiger partial charge on any atom is -0.617 e. The third-order valence-electron chi connectivity index (χ3n) is 1.81. The molecule has 0 amide bonds. The first kappa shape index (κ1) is 8.37. The highest BCUT2D eigenvalue weighted by atomic mass is 32.2. The van der Waals surface area contributed by atoms with Crippen molar-refractivity contribution < 1.29 is 9.29 Å². The number of hydrogen-bond acceptors (Lipinski definition) is 2. The van der Waals surface area contributed by atoms with Crippen LogP contribution in [0.2, 0.25) is 0 Å². The molecule has 0 aliphatic carbocycles. The van der Waals surface area contributed by atoms with Crippen molar-refractivity contribution >= 4 is 11.2 Å². The van der Waals surface area contributed by atoms with Crippen LogP contribution in [-0.2, 0) is 15.9 Å². The zero-order chi connectivity index (χ0) is 7.40. The Bertz CT molecular complexity index is 89.6. The Balaban J connectivity index is 2.13. The van der Waals surface area contributed by atoms with Crippen molar-refractivity contribution in [2.75, 3.05) is 25.2 Å². The van der Waals surface area contributed by atoms with Gasteiger partial charge in [-0.3, -0.25) is 0 Å². The largest absolute Gasteiger partial charge is 0.617 e. The Morgan fingerprint density at radius 1 is 1.50 bits per heavy atom. The Hall–Kier alpha value is 0.270. The summed E-state index contributed by atoms with van der Waals surface area (Å²) in [6.07, 6.45) is 3.97. The topological polar surface area (TPSA) is 32.3 Å². The molecular weight excluding hydrogens is 148 g/mol. The number of ether oxygens (including phenoxy) is 1. The quantitative estimate of drug-likeness (QED) is 0.562. The average molecular weight is 162 g/mol. The van der Waals surface area contributed by atoms with Crippen LogP contribution in [0.3, 0.4) is 0 Å². The first-order valence-electron chi connectivity index (χ1n) is 3.67. The van der Waals surface area contributed by atoms with Crippen LogP contribution >= 0.6 is 0 Å². The third kappa shape index (κ3) is 2.90. The van der Waals surface area contributed by atoms with Crippen LogP contribution in [0, 0.1) is 5.92 Å². The predicted octanol–water partition coefficient (Wildman–Crippen LogP) is 0.791. The van der Waals surface area contributed by atoms with E-state index in [1.54, 1.807) is 6.26 Å². The fraction of sp³-hybridized carbons (Fsp3) is 1.00. The van der Waals surface area contributed by atoms with Gasteiger partial charge in [-0.15, -0.1) is 0 Å². The molecule has 2 nitrogen and oxygen atoms in total. The summed E-state index contributed by atoms with van der Waals surface area (Å²) >= 11 is -0.619. The van der Waals surface area contributed by atoms with Gasteiger partial charge in [0.1, 0.15) is 5.75 Å². The molecule has 3 heteroatoms. The van der Waals surface area contributed by atoms with Crippen molar-refractivity contribution in [1.29, 1.82) is 0 Å². The fourth-order valence-electron chi connectivity index (χ4n) is 1.24. The molecule has 60 valence electrons. The fourth-order valence-corrected chi connectivity index (χ4v) is 2.24. The molecule has 0 aromatic rings. The second-order valence-electron chi connectivity index (χ2n) is 2.80. The molecule has 10 heavy (non-hydrogen) atoms. The highest BCUT2D eigenvalue weighted by Gasteiger charge is 2.17. The summed E-state index contributed by atoms with van der Waals surface area (Å²) in [5.74, 6) is 1.52. The van der Waals surface area contributed by atoms with Gasteiger partial charge in [0.2, 0.25) is 0 Å². The van der Waals surface area contributed by atoms with Gasteiger partial charge >= 0.3 is 0 Å². The molecule has 1 unspecified atom stereocenters. The summed E-state index contributed by atoms with van der Waals surface area (Å²) in [6.45, 7) is 1.73. The SMILES string of the molecule is C[S+]([O-])CC1CCOCC1. The Labute approximate surface area is 65.1 Å². The monoisotopic (exact) mass is 162 g/mol. The van der Waals surface area contributed by atoms with Crippen LogP contribution in [0.1, 0.15) is 12.8 Å². The van der Waals surface area contributed by atoms with E-state index in [2.05, 4.69) is 0 Å². The van der Waals surface area contributed by atoms with E-state index in [4.69, 9.17) is 4.74 Å². The summed E-state index contributed by atoms with van der Waals surface area (Å²) in [5, 5.41) is 0. The van der Waals surface area contributed by atoms with E-state index in [1.807, 2.05) is 0 Å². The first-order valence-corrected chi connectivity index (χ1v) is 5.39. The zero-order valence-electron chi connectivity index (χ0n) is 6.34. The van der Waals surface area contributed by atoms with Gasteiger partial charge in [0.15, 0.2) is 0 Å². The molecule has 0 spiro atoms. The molecule has 1 atom stereocenters. The summed E-state index contributed by atoms with van der Waals surface area (Å²) in [6, 6.07) is 0. The molecule has 0 radical (unpaired) electrons. The van der Waals surface area contributed by atoms with Crippen molar-refractivity contribution in [1.82, 2.24) is 0 Å².